The summed E-state index contributed by atoms with van der Waals surface area (Å²) in [6, 6.07) is 4.30. The molecule has 0 unspecified atom stereocenters. The van der Waals surface area contributed by atoms with E-state index in [0.717, 1.165) is 11.6 Å². The van der Waals surface area contributed by atoms with Gasteiger partial charge in [0, 0.05) is 38.9 Å². The van der Waals surface area contributed by atoms with Crippen molar-refractivity contribution in [2.24, 2.45) is 0 Å². The molecule has 0 aliphatic carbocycles. The minimum absolute atomic E-state index is 1.04. The number of nitrogens with zero attached hydrogens (tertiary/aromatic N) is 3. The molecule has 2 rings (SSSR count). The smallest absolute Gasteiger partial charge is 0.0957 e. The molecule has 3 nitrogen and oxygen atoms in total. The van der Waals surface area contributed by atoms with E-state index in [2.05, 4.69) is 40.2 Å². The van der Waals surface area contributed by atoms with E-state index in [9.17, 15) is 0 Å². The molecule has 0 aromatic carbocycles. The number of aromatic nitrogens is 1. The van der Waals surface area contributed by atoms with E-state index in [4.69, 9.17) is 0 Å². The molecule has 16 heavy (non-hydrogen) atoms. The van der Waals surface area contributed by atoms with Crippen LogP contribution in [0.5, 0.6) is 0 Å². The molecule has 1 aromatic heterocycles. The van der Waals surface area contributed by atoms with E-state index < -0.39 is 0 Å². The normalized spacial score (nSPS) is 18.9. The molecular weight excluding hydrogens is 218 g/mol. The summed E-state index contributed by atoms with van der Waals surface area (Å²) in [5.41, 5.74) is 1.32. The fourth-order valence-electron chi connectivity index (χ4n) is 1.89. The third-order valence-corrected chi connectivity index (χ3v) is 3.67. The number of hydrogen-bond donors (Lipinski definition) is 0. The predicted octanol–water partition coefficient (Wildman–Crippen LogP) is 1.55. The molecule has 1 saturated heterocycles. The van der Waals surface area contributed by atoms with Gasteiger partial charge < -0.3 is 4.90 Å². The van der Waals surface area contributed by atoms with Gasteiger partial charge in [-0.15, -0.1) is 11.8 Å². The first-order valence-electron chi connectivity index (χ1n) is 5.68. The molecule has 1 fully saturated rings. The van der Waals surface area contributed by atoms with Gasteiger partial charge in [-0.2, -0.15) is 0 Å². The first-order chi connectivity index (χ1) is 7.78. The van der Waals surface area contributed by atoms with Crippen LogP contribution in [0.3, 0.4) is 0 Å². The lowest BCUT2D eigenvalue weighted by Gasteiger charge is -2.32. The quantitative estimate of drug-likeness (QED) is 0.743. The predicted molar refractivity (Wildman–Crippen MR) is 68.8 cm³/mol. The second-order valence-corrected chi connectivity index (χ2v) is 5.11. The Hall–Kier alpha value is -0.580. The van der Waals surface area contributed by atoms with E-state index in [0.29, 0.717) is 0 Å². The summed E-state index contributed by atoms with van der Waals surface area (Å²) in [7, 11) is 2.19. The van der Waals surface area contributed by atoms with Gasteiger partial charge >= 0.3 is 0 Å². The van der Waals surface area contributed by atoms with Gasteiger partial charge in [0.05, 0.1) is 5.03 Å². The van der Waals surface area contributed by atoms with Crippen LogP contribution in [-0.2, 0) is 6.54 Å². The lowest BCUT2D eigenvalue weighted by molar-refractivity contribution is 0.148. The second kappa shape index (κ2) is 5.66. The van der Waals surface area contributed by atoms with Crippen molar-refractivity contribution in [1.29, 1.82) is 0 Å². The summed E-state index contributed by atoms with van der Waals surface area (Å²) in [5.74, 6) is 0. The van der Waals surface area contributed by atoms with Crippen molar-refractivity contribution in [2.75, 3.05) is 39.5 Å². The van der Waals surface area contributed by atoms with Crippen molar-refractivity contribution in [1.82, 2.24) is 14.8 Å². The average Bonchev–Trinajstić information content (AvgIpc) is 2.33. The third kappa shape index (κ3) is 3.20. The largest absolute Gasteiger partial charge is 0.304 e. The van der Waals surface area contributed by atoms with Crippen LogP contribution in [0.1, 0.15) is 5.56 Å². The Bertz CT molecular complexity index is 318. The van der Waals surface area contributed by atoms with Crippen LogP contribution in [0.25, 0.3) is 0 Å². The first-order valence-corrected chi connectivity index (χ1v) is 6.90. The standard InChI is InChI=1S/C12H19N3S/c1-14-5-7-15(8-6-14)10-11-3-4-12(16-2)13-9-11/h3-4,9H,5-8,10H2,1-2H3. The molecule has 1 aliphatic heterocycles. The van der Waals surface area contributed by atoms with Gasteiger partial charge in [-0.05, 0) is 24.9 Å². The van der Waals surface area contributed by atoms with Crippen molar-refractivity contribution in [3.8, 4) is 0 Å². The molecule has 1 aliphatic rings. The zero-order valence-electron chi connectivity index (χ0n) is 10.0. The Morgan fingerprint density at radius 3 is 2.56 bits per heavy atom. The Balaban J connectivity index is 1.88. The summed E-state index contributed by atoms with van der Waals surface area (Å²) >= 11 is 1.69. The van der Waals surface area contributed by atoms with Gasteiger partial charge in [-0.3, -0.25) is 4.90 Å². The molecular formula is C12H19N3S. The van der Waals surface area contributed by atoms with Crippen LogP contribution in [0, 0.1) is 0 Å². The van der Waals surface area contributed by atoms with Crippen LogP contribution < -0.4 is 0 Å². The van der Waals surface area contributed by atoms with Crippen LogP contribution in [0.15, 0.2) is 23.4 Å². The maximum Gasteiger partial charge on any atom is 0.0957 e. The van der Waals surface area contributed by atoms with Crippen LogP contribution in [0.4, 0.5) is 0 Å². The lowest BCUT2D eigenvalue weighted by atomic mass is 10.2. The molecule has 0 bridgehead atoms. The van der Waals surface area contributed by atoms with E-state index in [1.165, 1.54) is 31.7 Å². The molecule has 88 valence electrons. The SMILES string of the molecule is CSc1ccc(CN2CCN(C)CC2)cn1. The second-order valence-electron chi connectivity index (χ2n) is 4.29. The number of thioether (sulfide) groups is 1. The van der Waals surface area contributed by atoms with Crippen LogP contribution in [0.2, 0.25) is 0 Å². The van der Waals surface area contributed by atoms with E-state index in [-0.39, 0.29) is 0 Å². The Kier molecular flexibility index (Phi) is 4.21. The lowest BCUT2D eigenvalue weighted by Crippen LogP contribution is -2.43. The molecule has 0 N–H and O–H groups in total. The van der Waals surface area contributed by atoms with Crippen molar-refractivity contribution in [3.05, 3.63) is 23.9 Å². The molecule has 0 radical (unpaired) electrons. The summed E-state index contributed by atoms with van der Waals surface area (Å²) in [6.07, 6.45) is 4.06. The maximum absolute atomic E-state index is 4.40. The number of likely N-dealkylation sites (N-methyl/N-ethyl adjacent to an activating group) is 1. The zero-order valence-corrected chi connectivity index (χ0v) is 10.8. The zero-order chi connectivity index (χ0) is 11.4. The van der Waals surface area contributed by atoms with Crippen molar-refractivity contribution >= 4 is 11.8 Å². The minimum atomic E-state index is 1.04. The molecule has 4 heteroatoms. The fraction of sp³-hybridized carbons (Fsp3) is 0.583. The molecule has 2 heterocycles. The van der Waals surface area contributed by atoms with Crippen LogP contribution >= 0.6 is 11.8 Å². The summed E-state index contributed by atoms with van der Waals surface area (Å²) in [4.78, 5) is 9.28. The van der Waals surface area contributed by atoms with E-state index in [1.54, 1.807) is 11.8 Å². The van der Waals surface area contributed by atoms with Gasteiger partial charge in [0.1, 0.15) is 0 Å². The Morgan fingerprint density at radius 1 is 1.25 bits per heavy atom. The van der Waals surface area contributed by atoms with Crippen LogP contribution in [-0.4, -0.2) is 54.3 Å². The third-order valence-electron chi connectivity index (χ3n) is 3.01. The van der Waals surface area contributed by atoms with Gasteiger partial charge in [0.15, 0.2) is 0 Å². The number of hydrogen-bond acceptors (Lipinski definition) is 4. The highest BCUT2D eigenvalue weighted by Crippen LogP contribution is 2.13. The highest BCUT2D eigenvalue weighted by molar-refractivity contribution is 7.98. The van der Waals surface area contributed by atoms with Gasteiger partial charge in [0.25, 0.3) is 0 Å². The van der Waals surface area contributed by atoms with Gasteiger partial charge in [-0.25, -0.2) is 4.98 Å². The molecule has 0 spiro atoms. The molecule has 0 amide bonds. The summed E-state index contributed by atoms with van der Waals surface area (Å²) in [5, 5.41) is 1.10. The number of rotatable bonds is 3. The summed E-state index contributed by atoms with van der Waals surface area (Å²) < 4.78 is 0. The van der Waals surface area contributed by atoms with Crippen molar-refractivity contribution < 1.29 is 0 Å². The Labute approximate surface area is 102 Å². The summed E-state index contributed by atoms with van der Waals surface area (Å²) in [6.45, 7) is 5.73. The molecule has 1 aromatic rings. The minimum Gasteiger partial charge on any atom is -0.304 e. The van der Waals surface area contributed by atoms with E-state index in [1.807, 2.05) is 6.20 Å². The maximum atomic E-state index is 4.40. The van der Waals surface area contributed by atoms with E-state index >= 15 is 0 Å². The molecule has 0 atom stereocenters. The molecule has 0 saturated carbocycles. The highest BCUT2D eigenvalue weighted by Gasteiger charge is 2.13. The van der Waals surface area contributed by atoms with Crippen molar-refractivity contribution in [3.63, 3.8) is 0 Å². The highest BCUT2D eigenvalue weighted by atomic mass is 32.2. The Morgan fingerprint density at radius 2 is 2.00 bits per heavy atom. The monoisotopic (exact) mass is 237 g/mol. The van der Waals surface area contributed by atoms with Gasteiger partial charge in [0.2, 0.25) is 0 Å². The number of pyridine rings is 1. The topological polar surface area (TPSA) is 19.4 Å². The first kappa shape index (κ1) is 11.9. The van der Waals surface area contributed by atoms with Crippen molar-refractivity contribution in [2.45, 2.75) is 11.6 Å². The average molecular weight is 237 g/mol. The van der Waals surface area contributed by atoms with Gasteiger partial charge in [-0.1, -0.05) is 6.07 Å². The number of piperazine rings is 1. The fourth-order valence-corrected chi connectivity index (χ4v) is 2.25.